The molecule has 1 aliphatic rings. The lowest BCUT2D eigenvalue weighted by atomic mass is 9.88. The topological polar surface area (TPSA) is 72.1 Å². The standard InChI is InChI=1S/C25H16ClF7N4O/c26-19-12-21-13(10-20(19)27)3-6-17(16-7-4-14(24(28,29)30)11-18(16)25(31,32)33)23(38)37(21)9-1-2-15-5-8-22(34)36-35-15/h4-5,7-8,10-12,17H,3,6,9H2,(H2,34,36). The van der Waals surface area contributed by atoms with Gasteiger partial charge in [0.2, 0.25) is 5.91 Å². The maximum atomic E-state index is 14.2. The lowest BCUT2D eigenvalue weighted by Gasteiger charge is -2.26. The summed E-state index contributed by atoms with van der Waals surface area (Å²) in [6.45, 7) is -0.363. The monoisotopic (exact) mass is 556 g/mol. The first-order valence-corrected chi connectivity index (χ1v) is 11.3. The highest BCUT2D eigenvalue weighted by Crippen LogP contribution is 2.43. The van der Waals surface area contributed by atoms with E-state index in [1.807, 2.05) is 0 Å². The van der Waals surface area contributed by atoms with Gasteiger partial charge >= 0.3 is 12.4 Å². The number of aromatic nitrogens is 2. The van der Waals surface area contributed by atoms with E-state index in [1.54, 1.807) is 0 Å². The number of hydrogen-bond acceptors (Lipinski definition) is 4. The molecular weight excluding hydrogens is 541 g/mol. The summed E-state index contributed by atoms with van der Waals surface area (Å²) < 4.78 is 95.4. The highest BCUT2D eigenvalue weighted by molar-refractivity contribution is 6.31. The quantitative estimate of drug-likeness (QED) is 0.310. The van der Waals surface area contributed by atoms with Crippen molar-refractivity contribution >= 4 is 29.0 Å². The normalized spacial score (nSPS) is 15.9. The number of carbonyl (C=O) groups excluding carboxylic acids is 1. The molecule has 0 radical (unpaired) electrons. The summed E-state index contributed by atoms with van der Waals surface area (Å²) in [5.74, 6) is 2.30. The minimum atomic E-state index is -5.18. The third kappa shape index (κ3) is 5.67. The fourth-order valence-corrected chi connectivity index (χ4v) is 4.27. The number of amides is 1. The lowest BCUT2D eigenvalue weighted by molar-refractivity contribution is -0.143. The number of carbonyl (C=O) groups is 1. The number of nitrogens with two attached hydrogens (primary N) is 1. The molecule has 13 heteroatoms. The van der Waals surface area contributed by atoms with Gasteiger partial charge in [-0.05, 0) is 66.3 Å². The third-order valence-corrected chi connectivity index (χ3v) is 6.17. The van der Waals surface area contributed by atoms with Crippen molar-refractivity contribution < 1.29 is 35.5 Å². The maximum Gasteiger partial charge on any atom is 0.416 e. The number of hydrogen-bond donors (Lipinski definition) is 1. The molecule has 3 aromatic rings. The molecule has 0 fully saturated rings. The molecule has 1 unspecified atom stereocenters. The van der Waals surface area contributed by atoms with E-state index < -0.39 is 46.7 Å². The fraction of sp³-hybridized carbons (Fsp3) is 0.240. The maximum absolute atomic E-state index is 14.2. The Balaban J connectivity index is 1.80. The van der Waals surface area contributed by atoms with Crippen LogP contribution in [0.5, 0.6) is 0 Å². The van der Waals surface area contributed by atoms with E-state index in [0.29, 0.717) is 12.1 Å². The molecule has 0 saturated carbocycles. The van der Waals surface area contributed by atoms with Gasteiger partial charge in [-0.15, -0.1) is 10.2 Å². The summed E-state index contributed by atoms with van der Waals surface area (Å²) in [4.78, 5) is 14.7. The van der Waals surface area contributed by atoms with Crippen LogP contribution in [0.1, 0.15) is 40.3 Å². The molecule has 198 valence electrons. The molecule has 1 aromatic heterocycles. The van der Waals surface area contributed by atoms with Crippen molar-refractivity contribution in [2.75, 3.05) is 17.2 Å². The molecule has 2 heterocycles. The van der Waals surface area contributed by atoms with Gasteiger partial charge in [0.15, 0.2) is 0 Å². The van der Waals surface area contributed by atoms with Crippen molar-refractivity contribution in [3.63, 3.8) is 0 Å². The number of halogens is 8. The van der Waals surface area contributed by atoms with Crippen LogP contribution in [0.3, 0.4) is 0 Å². The largest absolute Gasteiger partial charge is 0.416 e. The van der Waals surface area contributed by atoms with Crippen LogP contribution in [0, 0.1) is 17.7 Å². The molecule has 0 aliphatic carbocycles. The van der Waals surface area contributed by atoms with E-state index in [1.165, 1.54) is 12.1 Å². The van der Waals surface area contributed by atoms with Crippen LogP contribution < -0.4 is 10.6 Å². The van der Waals surface area contributed by atoms with Crippen molar-refractivity contribution in [2.24, 2.45) is 0 Å². The van der Waals surface area contributed by atoms with Crippen LogP contribution in [0.25, 0.3) is 0 Å². The Labute approximate surface area is 216 Å². The minimum absolute atomic E-state index is 0.0128. The number of aryl methyl sites for hydroxylation is 1. The van der Waals surface area contributed by atoms with E-state index in [2.05, 4.69) is 22.0 Å². The number of alkyl halides is 6. The van der Waals surface area contributed by atoms with E-state index >= 15 is 0 Å². The molecule has 0 saturated heterocycles. The van der Waals surface area contributed by atoms with Gasteiger partial charge in [0.1, 0.15) is 17.3 Å². The van der Waals surface area contributed by atoms with Crippen molar-refractivity contribution in [1.29, 1.82) is 0 Å². The molecular formula is C25H16ClF7N4O. The second kappa shape index (κ2) is 10.1. The predicted molar refractivity (Wildman–Crippen MR) is 125 cm³/mol. The van der Waals surface area contributed by atoms with Gasteiger partial charge in [0.05, 0.1) is 28.6 Å². The van der Waals surface area contributed by atoms with Gasteiger partial charge in [-0.1, -0.05) is 23.6 Å². The van der Waals surface area contributed by atoms with Crippen LogP contribution in [0.15, 0.2) is 42.5 Å². The molecule has 1 atom stereocenters. The number of anilines is 2. The summed E-state index contributed by atoms with van der Waals surface area (Å²) >= 11 is 5.92. The molecule has 2 N–H and O–H groups in total. The molecule has 38 heavy (non-hydrogen) atoms. The molecule has 5 nitrogen and oxygen atoms in total. The number of benzene rings is 2. The zero-order valence-electron chi connectivity index (χ0n) is 19.1. The molecule has 1 aliphatic heterocycles. The summed E-state index contributed by atoms with van der Waals surface area (Å²) in [6, 6.07) is 6.26. The second-order valence-corrected chi connectivity index (χ2v) is 8.76. The second-order valence-electron chi connectivity index (χ2n) is 8.35. The smallest absolute Gasteiger partial charge is 0.382 e. The first kappa shape index (κ1) is 27.2. The van der Waals surface area contributed by atoms with E-state index in [0.717, 1.165) is 17.0 Å². The van der Waals surface area contributed by atoms with Gasteiger partial charge in [-0.25, -0.2) is 4.39 Å². The number of nitrogen functional groups attached to an aromatic ring is 1. The van der Waals surface area contributed by atoms with Gasteiger partial charge < -0.3 is 5.73 Å². The Morgan fingerprint density at radius 3 is 2.39 bits per heavy atom. The van der Waals surface area contributed by atoms with E-state index in [9.17, 15) is 35.5 Å². The van der Waals surface area contributed by atoms with Gasteiger partial charge in [0, 0.05) is 5.69 Å². The molecule has 0 bridgehead atoms. The first-order chi connectivity index (χ1) is 17.8. The Morgan fingerprint density at radius 1 is 1.03 bits per heavy atom. The lowest BCUT2D eigenvalue weighted by Crippen LogP contribution is -2.35. The van der Waals surface area contributed by atoms with Crippen LogP contribution in [-0.2, 0) is 23.6 Å². The summed E-state index contributed by atoms with van der Waals surface area (Å²) in [5.41, 5.74) is 2.36. The van der Waals surface area contributed by atoms with Gasteiger partial charge in [0.25, 0.3) is 0 Å². The van der Waals surface area contributed by atoms with Crippen molar-refractivity contribution in [3.05, 3.63) is 81.3 Å². The predicted octanol–water partition coefficient (Wildman–Crippen LogP) is 6.00. The average Bonchev–Trinajstić information content (AvgIpc) is 2.96. The molecule has 0 spiro atoms. The van der Waals surface area contributed by atoms with Crippen LogP contribution in [0.4, 0.5) is 42.2 Å². The zero-order valence-corrected chi connectivity index (χ0v) is 19.8. The highest BCUT2D eigenvalue weighted by Gasteiger charge is 2.42. The fourth-order valence-electron chi connectivity index (χ4n) is 4.11. The molecule has 1 amide bonds. The van der Waals surface area contributed by atoms with Crippen LogP contribution in [-0.4, -0.2) is 22.6 Å². The molecule has 2 aromatic carbocycles. The Bertz CT molecular complexity index is 1440. The molecule has 4 rings (SSSR count). The number of nitrogens with zero attached hydrogens (tertiary/aromatic N) is 3. The first-order valence-electron chi connectivity index (χ1n) is 10.9. The number of fused-ring (bicyclic) bond motifs is 1. The van der Waals surface area contributed by atoms with E-state index in [-0.39, 0.29) is 53.2 Å². The van der Waals surface area contributed by atoms with Crippen molar-refractivity contribution in [1.82, 2.24) is 10.2 Å². The summed E-state index contributed by atoms with van der Waals surface area (Å²) in [6.07, 6.45) is -10.5. The SMILES string of the molecule is Nc1ccc(C#CCN2C(=O)C(c3ccc(C(F)(F)F)cc3C(F)(F)F)CCc3cc(F)c(Cl)cc32)nn1. The van der Waals surface area contributed by atoms with Crippen LogP contribution in [0.2, 0.25) is 5.02 Å². The van der Waals surface area contributed by atoms with E-state index in [4.69, 9.17) is 17.3 Å². The zero-order chi connectivity index (χ0) is 27.8. The highest BCUT2D eigenvalue weighted by atomic mass is 35.5. The minimum Gasteiger partial charge on any atom is -0.382 e. The summed E-state index contributed by atoms with van der Waals surface area (Å²) in [5, 5.41) is 7.07. The van der Waals surface area contributed by atoms with Crippen molar-refractivity contribution in [3.8, 4) is 11.8 Å². The average molecular weight is 557 g/mol. The Hall–Kier alpha value is -3.85. The third-order valence-electron chi connectivity index (χ3n) is 5.88. The van der Waals surface area contributed by atoms with Crippen LogP contribution >= 0.6 is 11.6 Å². The van der Waals surface area contributed by atoms with Crippen molar-refractivity contribution in [2.45, 2.75) is 31.1 Å². The van der Waals surface area contributed by atoms with Gasteiger partial charge in [-0.2, -0.15) is 26.3 Å². The van der Waals surface area contributed by atoms with Gasteiger partial charge in [-0.3, -0.25) is 9.69 Å². The Morgan fingerprint density at radius 2 is 1.76 bits per heavy atom. The summed E-state index contributed by atoms with van der Waals surface area (Å²) in [7, 11) is 0. The number of rotatable bonds is 2. The Kier molecular flexibility index (Phi) is 7.25.